The van der Waals surface area contributed by atoms with Gasteiger partial charge in [-0.1, -0.05) is 42.4 Å². The largest absolute Gasteiger partial charge is 0.385 e. The van der Waals surface area contributed by atoms with Gasteiger partial charge in [-0.3, -0.25) is 4.98 Å². The summed E-state index contributed by atoms with van der Waals surface area (Å²) in [6.45, 7) is 3.49. The fourth-order valence-corrected chi connectivity index (χ4v) is 4.53. The second-order valence-electron chi connectivity index (χ2n) is 7.56. The lowest BCUT2D eigenvalue weighted by Gasteiger charge is -2.15. The van der Waals surface area contributed by atoms with Crippen molar-refractivity contribution in [1.29, 1.82) is 0 Å². The van der Waals surface area contributed by atoms with Crippen molar-refractivity contribution in [3.63, 3.8) is 0 Å². The molecule has 0 fully saturated rings. The number of nitrogens with one attached hydrogen (secondary N) is 2. The molecule has 1 aliphatic heterocycles. The third kappa shape index (κ3) is 6.07. The van der Waals surface area contributed by atoms with Crippen LogP contribution in [0, 0.1) is 0 Å². The summed E-state index contributed by atoms with van der Waals surface area (Å²) in [5.74, 6) is 1.24. The Morgan fingerprint density at radius 2 is 2.12 bits per heavy atom. The van der Waals surface area contributed by atoms with Gasteiger partial charge in [-0.2, -0.15) is 4.98 Å². The van der Waals surface area contributed by atoms with Crippen LogP contribution in [-0.2, 0) is 11.2 Å². The number of pyridine rings is 1. The Labute approximate surface area is 209 Å². The Kier molecular flexibility index (Phi) is 8.39. The number of anilines is 3. The second-order valence-corrected chi connectivity index (χ2v) is 8.85. The molecule has 0 spiro atoms. The number of thioether (sulfide) groups is 1. The van der Waals surface area contributed by atoms with Crippen molar-refractivity contribution in [1.82, 2.24) is 15.0 Å². The van der Waals surface area contributed by atoms with E-state index in [9.17, 15) is 0 Å². The van der Waals surface area contributed by atoms with Gasteiger partial charge in [0.2, 0.25) is 5.95 Å². The van der Waals surface area contributed by atoms with E-state index in [-0.39, 0.29) is 0 Å². The van der Waals surface area contributed by atoms with E-state index in [0.29, 0.717) is 12.6 Å². The number of aryl methyl sites for hydroxylation is 1. The van der Waals surface area contributed by atoms with Crippen LogP contribution in [0.2, 0.25) is 5.02 Å². The average Bonchev–Trinajstić information content (AvgIpc) is 2.88. The molecule has 0 amide bonds. The summed E-state index contributed by atoms with van der Waals surface area (Å²) in [5.41, 5.74) is 8.37. The van der Waals surface area contributed by atoms with Gasteiger partial charge in [-0.05, 0) is 53.7 Å². The zero-order valence-electron chi connectivity index (χ0n) is 19.1. The molecule has 174 valence electrons. The van der Waals surface area contributed by atoms with Crippen molar-refractivity contribution in [3.8, 4) is 0 Å². The number of ether oxygens (including phenoxy) is 1. The van der Waals surface area contributed by atoms with Crippen molar-refractivity contribution in [2.75, 3.05) is 30.9 Å². The molecule has 2 N–H and O–H groups in total. The first-order valence-electron chi connectivity index (χ1n) is 11.1. The Bertz CT molecular complexity index is 1240. The molecule has 1 aromatic carbocycles. The van der Waals surface area contributed by atoms with Crippen LogP contribution in [0.25, 0.3) is 10.5 Å². The van der Waals surface area contributed by atoms with Gasteiger partial charge in [-0.25, -0.2) is 4.98 Å². The number of halogens is 1. The number of allylic oxidation sites excluding steroid dienone is 2. The molecule has 0 radical (unpaired) electrons. The van der Waals surface area contributed by atoms with Gasteiger partial charge in [-0.15, -0.1) is 5.73 Å². The standard InChI is InChI=1S/C26H26ClN5OS/c1-3-18-7-9-21(14-23(18)27)31-26-30-16-22(25(32-26)29-12-5-13-33-2)24-10-8-20(17-34-24)19-6-4-11-28-15-19/h4,6-9,11,14-17H,3,5,12-13H2,1-2H3,(H2,29,30,31,32). The molecule has 0 saturated carbocycles. The molecule has 3 heterocycles. The number of methoxy groups -OCH3 is 1. The first kappa shape index (κ1) is 24.0. The summed E-state index contributed by atoms with van der Waals surface area (Å²) < 4.78 is 5.18. The third-order valence-electron chi connectivity index (χ3n) is 5.20. The number of rotatable bonds is 10. The first-order chi connectivity index (χ1) is 16.7. The van der Waals surface area contributed by atoms with Gasteiger partial charge in [0.15, 0.2) is 0 Å². The number of nitrogens with zero attached hydrogens (tertiary/aromatic N) is 3. The molecule has 0 unspecified atom stereocenters. The zero-order chi connectivity index (χ0) is 23.8. The van der Waals surface area contributed by atoms with Gasteiger partial charge in [0, 0.05) is 55.1 Å². The van der Waals surface area contributed by atoms with Crippen molar-refractivity contribution in [3.05, 3.63) is 87.9 Å². The fraction of sp³-hybridized carbons (Fsp3) is 0.231. The second kappa shape index (κ2) is 11.9. The Morgan fingerprint density at radius 3 is 2.82 bits per heavy atom. The number of benzene rings is 1. The molecular weight excluding hydrogens is 466 g/mol. The molecule has 0 saturated heterocycles. The number of aromatic nitrogens is 3. The molecule has 6 nitrogen and oxygen atoms in total. The highest BCUT2D eigenvalue weighted by Gasteiger charge is 2.15. The minimum absolute atomic E-state index is 0.496. The van der Waals surface area contributed by atoms with Crippen LogP contribution < -0.4 is 10.6 Å². The summed E-state index contributed by atoms with van der Waals surface area (Å²) in [7, 11) is 1.70. The molecule has 0 bridgehead atoms. The van der Waals surface area contributed by atoms with Crippen molar-refractivity contribution >= 4 is 51.3 Å². The van der Waals surface area contributed by atoms with Crippen molar-refractivity contribution in [2.45, 2.75) is 19.8 Å². The Morgan fingerprint density at radius 1 is 1.21 bits per heavy atom. The first-order valence-corrected chi connectivity index (χ1v) is 12.3. The smallest absolute Gasteiger partial charge is 0.229 e. The topological polar surface area (TPSA) is 72.0 Å². The SMILES string of the molecule is CCc1ccc(Nc2ncc(C3=C=CC(c4cccnc4)=CS3)c(NCCCOC)n2)cc1Cl. The van der Waals surface area contributed by atoms with E-state index in [2.05, 4.69) is 38.7 Å². The maximum absolute atomic E-state index is 6.38. The van der Waals surface area contributed by atoms with Gasteiger partial charge in [0.05, 0.1) is 10.5 Å². The van der Waals surface area contributed by atoms with Crippen molar-refractivity contribution in [2.24, 2.45) is 0 Å². The highest BCUT2D eigenvalue weighted by atomic mass is 35.5. The van der Waals surface area contributed by atoms with E-state index in [1.54, 1.807) is 25.1 Å². The van der Waals surface area contributed by atoms with E-state index in [1.165, 1.54) is 0 Å². The van der Waals surface area contributed by atoms with Crippen LogP contribution in [0.1, 0.15) is 30.0 Å². The van der Waals surface area contributed by atoms with Crippen LogP contribution in [-0.4, -0.2) is 35.2 Å². The third-order valence-corrected chi connectivity index (χ3v) is 6.50. The van der Waals surface area contributed by atoms with E-state index in [4.69, 9.17) is 21.3 Å². The molecule has 3 aromatic rings. The van der Waals surface area contributed by atoms with Gasteiger partial charge in [0.1, 0.15) is 5.82 Å². The van der Waals surface area contributed by atoms with Crippen LogP contribution in [0.5, 0.6) is 0 Å². The normalized spacial score (nSPS) is 12.8. The molecule has 34 heavy (non-hydrogen) atoms. The van der Waals surface area contributed by atoms with E-state index in [0.717, 1.165) is 63.1 Å². The molecule has 8 heteroatoms. The van der Waals surface area contributed by atoms with Gasteiger partial charge in [0.25, 0.3) is 0 Å². The average molecular weight is 492 g/mol. The van der Waals surface area contributed by atoms with Crippen LogP contribution in [0.15, 0.2) is 66.1 Å². The lowest BCUT2D eigenvalue weighted by Crippen LogP contribution is -2.10. The minimum atomic E-state index is 0.496. The van der Waals surface area contributed by atoms with Crippen LogP contribution in [0.4, 0.5) is 17.5 Å². The predicted octanol–water partition coefficient (Wildman–Crippen LogP) is 6.56. The van der Waals surface area contributed by atoms with Gasteiger partial charge >= 0.3 is 0 Å². The molecule has 2 aromatic heterocycles. The zero-order valence-corrected chi connectivity index (χ0v) is 20.7. The summed E-state index contributed by atoms with van der Waals surface area (Å²) in [4.78, 5) is 14.5. The molecular formula is C26H26ClN5OS. The van der Waals surface area contributed by atoms with Crippen LogP contribution in [0.3, 0.4) is 0 Å². The quantitative estimate of drug-likeness (QED) is 0.245. The monoisotopic (exact) mass is 491 g/mol. The summed E-state index contributed by atoms with van der Waals surface area (Å²) in [6.07, 6.45) is 9.16. The number of hydrogen-bond acceptors (Lipinski definition) is 7. The summed E-state index contributed by atoms with van der Waals surface area (Å²) in [5, 5.41) is 9.52. The maximum Gasteiger partial charge on any atom is 0.229 e. The maximum atomic E-state index is 6.38. The molecule has 4 rings (SSSR count). The number of hydrogen-bond donors (Lipinski definition) is 2. The lowest BCUT2D eigenvalue weighted by molar-refractivity contribution is 0.198. The lowest BCUT2D eigenvalue weighted by atomic mass is 10.1. The highest BCUT2D eigenvalue weighted by molar-refractivity contribution is 8.11. The van der Waals surface area contributed by atoms with Gasteiger partial charge < -0.3 is 15.4 Å². The van der Waals surface area contributed by atoms with E-state index in [1.807, 2.05) is 48.8 Å². The molecule has 1 aliphatic rings. The van der Waals surface area contributed by atoms with E-state index >= 15 is 0 Å². The van der Waals surface area contributed by atoms with Crippen molar-refractivity contribution < 1.29 is 4.74 Å². The van der Waals surface area contributed by atoms with Crippen LogP contribution >= 0.6 is 23.4 Å². The summed E-state index contributed by atoms with van der Waals surface area (Å²) in [6, 6.07) is 9.87. The minimum Gasteiger partial charge on any atom is -0.385 e. The predicted molar refractivity (Wildman–Crippen MR) is 142 cm³/mol. The van der Waals surface area contributed by atoms with E-state index < -0.39 is 0 Å². The fourth-order valence-electron chi connectivity index (χ4n) is 3.37. The summed E-state index contributed by atoms with van der Waals surface area (Å²) >= 11 is 7.97. The molecule has 0 aliphatic carbocycles. The Balaban J connectivity index is 1.59. The highest BCUT2D eigenvalue weighted by Crippen LogP contribution is 2.37. The molecule has 0 atom stereocenters. The Hall–Kier alpha value is -3.09.